The highest BCUT2D eigenvalue weighted by atomic mass is 79.9. The topological polar surface area (TPSA) is 26.0 Å². The van der Waals surface area contributed by atoms with Crippen LogP contribution in [0.5, 0.6) is 0 Å². The highest BCUT2D eigenvalue weighted by Gasteiger charge is 2.33. The number of hydrogen-bond donors (Lipinski definition) is 1. The van der Waals surface area contributed by atoms with Gasteiger partial charge in [-0.15, -0.1) is 0 Å². The molecule has 0 saturated heterocycles. The molecule has 21 heavy (non-hydrogen) atoms. The lowest BCUT2D eigenvalue weighted by Crippen LogP contribution is -2.14. The molecule has 112 valence electrons. The van der Waals surface area contributed by atoms with E-state index in [-0.39, 0.29) is 9.50 Å². The molecule has 0 amide bonds. The molecule has 1 atom stereocenters. The Hall–Kier alpha value is -0.750. The fourth-order valence-electron chi connectivity index (χ4n) is 1.89. The molecule has 2 N–H and O–H groups in total. The number of alkyl halides is 3. The molecule has 0 aliphatic heterocycles. The third-order valence-electron chi connectivity index (χ3n) is 2.97. The molecule has 0 heterocycles. The minimum atomic E-state index is -4.47. The first-order valence-electron chi connectivity index (χ1n) is 5.78. The predicted molar refractivity (Wildman–Crippen MR) is 81.6 cm³/mol. The van der Waals surface area contributed by atoms with Crippen molar-refractivity contribution in [2.75, 3.05) is 0 Å². The first-order valence-corrected chi connectivity index (χ1v) is 7.33. The van der Waals surface area contributed by atoms with E-state index in [0.717, 1.165) is 6.07 Å². The van der Waals surface area contributed by atoms with Gasteiger partial charge in [0.2, 0.25) is 0 Å². The molecule has 2 rings (SSSR count). The van der Waals surface area contributed by atoms with E-state index in [1.54, 1.807) is 18.2 Å². The Kier molecular flexibility index (Phi) is 4.88. The van der Waals surface area contributed by atoms with Gasteiger partial charge in [-0.05, 0) is 29.3 Å². The van der Waals surface area contributed by atoms with E-state index in [4.69, 9.17) is 28.9 Å². The van der Waals surface area contributed by atoms with E-state index < -0.39 is 17.8 Å². The summed E-state index contributed by atoms with van der Waals surface area (Å²) >= 11 is 14.8. The van der Waals surface area contributed by atoms with Crippen molar-refractivity contribution < 1.29 is 13.2 Å². The summed E-state index contributed by atoms with van der Waals surface area (Å²) in [6.45, 7) is 0. The second-order valence-electron chi connectivity index (χ2n) is 4.36. The van der Waals surface area contributed by atoms with Crippen molar-refractivity contribution in [3.05, 3.63) is 67.6 Å². The van der Waals surface area contributed by atoms with Gasteiger partial charge in [0.05, 0.1) is 21.7 Å². The van der Waals surface area contributed by atoms with Crippen molar-refractivity contribution in [3.8, 4) is 0 Å². The average molecular weight is 399 g/mol. The summed E-state index contributed by atoms with van der Waals surface area (Å²) in [6, 6.07) is 7.90. The number of nitrogens with two attached hydrogens (primary N) is 1. The van der Waals surface area contributed by atoms with Gasteiger partial charge in [0.25, 0.3) is 0 Å². The van der Waals surface area contributed by atoms with Gasteiger partial charge in [-0.3, -0.25) is 0 Å². The van der Waals surface area contributed by atoms with Crippen LogP contribution in [0.4, 0.5) is 13.2 Å². The average Bonchev–Trinajstić information content (AvgIpc) is 2.40. The summed E-state index contributed by atoms with van der Waals surface area (Å²) in [5, 5.41) is 0.543. The number of rotatable bonds is 2. The van der Waals surface area contributed by atoms with Gasteiger partial charge in [0, 0.05) is 4.47 Å². The van der Waals surface area contributed by atoms with E-state index >= 15 is 0 Å². The summed E-state index contributed by atoms with van der Waals surface area (Å²) in [5.41, 5.74) is 6.01. The molecule has 0 bridgehead atoms. The van der Waals surface area contributed by atoms with Crippen LogP contribution in [0, 0.1) is 0 Å². The Labute approximate surface area is 138 Å². The minimum absolute atomic E-state index is 0.0388. The first-order chi connectivity index (χ1) is 9.71. The Morgan fingerprint density at radius 2 is 1.76 bits per heavy atom. The minimum Gasteiger partial charge on any atom is -0.320 e. The summed E-state index contributed by atoms with van der Waals surface area (Å²) in [6.07, 6.45) is -4.47. The van der Waals surface area contributed by atoms with Crippen LogP contribution in [-0.2, 0) is 6.18 Å². The normalized spacial score (nSPS) is 13.3. The summed E-state index contributed by atoms with van der Waals surface area (Å²) in [7, 11) is 0. The summed E-state index contributed by atoms with van der Waals surface area (Å²) in [4.78, 5) is 0. The van der Waals surface area contributed by atoms with Gasteiger partial charge in [-0.25, -0.2) is 0 Å². The molecule has 1 nitrogen and oxygen atoms in total. The Morgan fingerprint density at radius 3 is 2.38 bits per heavy atom. The molecule has 1 unspecified atom stereocenters. The summed E-state index contributed by atoms with van der Waals surface area (Å²) in [5.74, 6) is 0. The van der Waals surface area contributed by atoms with E-state index in [0.29, 0.717) is 16.1 Å². The van der Waals surface area contributed by atoms with Gasteiger partial charge in [0.1, 0.15) is 0 Å². The molecule has 0 aromatic heterocycles. The van der Waals surface area contributed by atoms with Crippen LogP contribution in [0.15, 0.2) is 40.9 Å². The lowest BCUT2D eigenvalue weighted by atomic mass is 9.98. The Morgan fingerprint density at radius 1 is 1.10 bits per heavy atom. The SMILES string of the molecule is NC(c1ccc(Br)c(C(F)(F)F)c1)c1cccc(Cl)c1Cl. The van der Waals surface area contributed by atoms with Gasteiger partial charge in [-0.1, -0.05) is 57.3 Å². The number of halogens is 6. The van der Waals surface area contributed by atoms with E-state index in [1.807, 2.05) is 0 Å². The lowest BCUT2D eigenvalue weighted by Gasteiger charge is -2.17. The molecular weight excluding hydrogens is 390 g/mol. The third kappa shape index (κ3) is 3.54. The van der Waals surface area contributed by atoms with Gasteiger partial charge in [-0.2, -0.15) is 13.2 Å². The van der Waals surface area contributed by atoms with Crippen LogP contribution in [0.2, 0.25) is 10.0 Å². The first kappa shape index (κ1) is 16.6. The number of benzene rings is 2. The molecule has 0 saturated carbocycles. The van der Waals surface area contributed by atoms with Crippen molar-refractivity contribution in [2.24, 2.45) is 5.73 Å². The van der Waals surface area contributed by atoms with Gasteiger partial charge >= 0.3 is 6.18 Å². The molecule has 0 spiro atoms. The lowest BCUT2D eigenvalue weighted by molar-refractivity contribution is -0.138. The quantitative estimate of drug-likeness (QED) is 0.677. The fourth-order valence-corrected chi connectivity index (χ4v) is 2.79. The molecule has 0 aliphatic rings. The van der Waals surface area contributed by atoms with Crippen molar-refractivity contribution in [1.82, 2.24) is 0 Å². The monoisotopic (exact) mass is 397 g/mol. The maximum atomic E-state index is 12.9. The zero-order valence-corrected chi connectivity index (χ0v) is 13.5. The standard InChI is InChI=1S/C14H9BrCl2F3N/c15-10-5-4-7(6-9(10)14(18,19)20)13(21)8-2-1-3-11(16)12(8)17/h1-6,13H,21H2. The third-order valence-corrected chi connectivity index (χ3v) is 4.50. The molecule has 0 fully saturated rings. The Balaban J connectivity index is 2.49. The van der Waals surface area contributed by atoms with Gasteiger partial charge in [0.15, 0.2) is 0 Å². The molecule has 2 aromatic carbocycles. The summed E-state index contributed by atoms with van der Waals surface area (Å²) < 4.78 is 38.7. The van der Waals surface area contributed by atoms with E-state index in [2.05, 4.69) is 15.9 Å². The van der Waals surface area contributed by atoms with Crippen molar-refractivity contribution in [3.63, 3.8) is 0 Å². The van der Waals surface area contributed by atoms with Crippen LogP contribution < -0.4 is 5.73 Å². The maximum Gasteiger partial charge on any atom is 0.417 e. The van der Waals surface area contributed by atoms with Crippen LogP contribution in [0.3, 0.4) is 0 Å². The van der Waals surface area contributed by atoms with E-state index in [9.17, 15) is 13.2 Å². The van der Waals surface area contributed by atoms with Crippen LogP contribution in [0.25, 0.3) is 0 Å². The van der Waals surface area contributed by atoms with Crippen LogP contribution in [0.1, 0.15) is 22.7 Å². The molecule has 7 heteroatoms. The Bertz CT molecular complexity index is 674. The second-order valence-corrected chi connectivity index (χ2v) is 6.00. The van der Waals surface area contributed by atoms with Crippen molar-refractivity contribution >= 4 is 39.1 Å². The zero-order valence-electron chi connectivity index (χ0n) is 10.4. The van der Waals surface area contributed by atoms with Crippen molar-refractivity contribution in [1.29, 1.82) is 0 Å². The fraction of sp³-hybridized carbons (Fsp3) is 0.143. The smallest absolute Gasteiger partial charge is 0.320 e. The molecule has 0 radical (unpaired) electrons. The van der Waals surface area contributed by atoms with Crippen LogP contribution in [-0.4, -0.2) is 0 Å². The second kappa shape index (κ2) is 6.16. The van der Waals surface area contributed by atoms with Crippen molar-refractivity contribution in [2.45, 2.75) is 12.2 Å². The highest BCUT2D eigenvalue weighted by Crippen LogP contribution is 2.38. The molecular formula is C14H9BrCl2F3N. The molecule has 0 aliphatic carbocycles. The largest absolute Gasteiger partial charge is 0.417 e. The zero-order chi connectivity index (χ0) is 15.8. The molecule has 2 aromatic rings. The number of hydrogen-bond acceptors (Lipinski definition) is 1. The highest BCUT2D eigenvalue weighted by molar-refractivity contribution is 9.10. The van der Waals surface area contributed by atoms with Gasteiger partial charge < -0.3 is 5.73 Å². The predicted octanol–water partition coefficient (Wildman–Crippen LogP) is 5.82. The van der Waals surface area contributed by atoms with E-state index in [1.165, 1.54) is 12.1 Å². The maximum absolute atomic E-state index is 12.9. The van der Waals surface area contributed by atoms with Crippen LogP contribution >= 0.6 is 39.1 Å².